The van der Waals surface area contributed by atoms with E-state index in [4.69, 9.17) is 22.1 Å². The third kappa shape index (κ3) is 4.84. The molecule has 0 bridgehead atoms. The molecule has 2 rings (SSSR count). The van der Waals surface area contributed by atoms with Crippen molar-refractivity contribution in [1.82, 2.24) is 5.32 Å². The summed E-state index contributed by atoms with van der Waals surface area (Å²) in [5, 5.41) is 4.00. The monoisotopic (exact) mass is 268 g/mol. The smallest absolute Gasteiger partial charge is 0.0638 e. The Bertz CT molecular complexity index is 380. The van der Waals surface area contributed by atoms with E-state index in [0.717, 1.165) is 44.2 Å². The van der Waals surface area contributed by atoms with Gasteiger partial charge in [-0.2, -0.15) is 0 Å². The predicted octanol–water partition coefficient (Wildman–Crippen LogP) is 2.83. The van der Waals surface area contributed by atoms with Crippen LogP contribution in [-0.2, 0) is 11.3 Å². The van der Waals surface area contributed by atoms with Gasteiger partial charge in [0.05, 0.1) is 10.7 Å². The number of nitrogens with two attached hydrogens (primary N) is 1. The summed E-state index contributed by atoms with van der Waals surface area (Å²) in [5.41, 5.74) is 7.45. The van der Waals surface area contributed by atoms with Crippen molar-refractivity contribution in [2.24, 2.45) is 5.92 Å². The standard InChI is InChI=1S/C14H21ClN2O/c15-13-8-12(4-5-14(13)16)9-17-6-1-7-18-10-11-2-3-11/h4-5,8,11,17H,1-3,6-7,9-10,16H2. The van der Waals surface area contributed by atoms with Crippen LogP contribution < -0.4 is 11.1 Å². The first-order chi connectivity index (χ1) is 8.75. The fraction of sp³-hybridized carbons (Fsp3) is 0.571. The molecule has 0 heterocycles. The molecule has 1 saturated carbocycles. The van der Waals surface area contributed by atoms with Crippen molar-refractivity contribution >= 4 is 17.3 Å². The lowest BCUT2D eigenvalue weighted by atomic mass is 10.2. The minimum Gasteiger partial charge on any atom is -0.398 e. The van der Waals surface area contributed by atoms with Crippen LogP contribution in [0, 0.1) is 5.92 Å². The van der Waals surface area contributed by atoms with E-state index in [2.05, 4.69) is 5.32 Å². The number of halogens is 1. The molecule has 1 fully saturated rings. The Labute approximate surface area is 114 Å². The van der Waals surface area contributed by atoms with Gasteiger partial charge in [-0.15, -0.1) is 0 Å². The van der Waals surface area contributed by atoms with Gasteiger partial charge in [-0.3, -0.25) is 0 Å². The van der Waals surface area contributed by atoms with Crippen molar-refractivity contribution in [1.29, 1.82) is 0 Å². The Morgan fingerprint density at radius 3 is 2.94 bits per heavy atom. The molecule has 0 aromatic heterocycles. The Morgan fingerprint density at radius 2 is 2.22 bits per heavy atom. The summed E-state index contributed by atoms with van der Waals surface area (Å²) in [7, 11) is 0. The molecule has 3 nitrogen and oxygen atoms in total. The summed E-state index contributed by atoms with van der Waals surface area (Å²) < 4.78 is 5.57. The van der Waals surface area contributed by atoms with Gasteiger partial charge in [0.25, 0.3) is 0 Å². The number of nitrogen functional groups attached to an aromatic ring is 1. The SMILES string of the molecule is Nc1ccc(CNCCCOCC2CC2)cc1Cl. The Balaban J connectivity index is 1.52. The largest absolute Gasteiger partial charge is 0.398 e. The molecule has 0 atom stereocenters. The van der Waals surface area contributed by atoms with E-state index >= 15 is 0 Å². The van der Waals surface area contributed by atoms with Crippen LogP contribution in [0.4, 0.5) is 5.69 Å². The van der Waals surface area contributed by atoms with Gasteiger partial charge < -0.3 is 15.8 Å². The molecule has 1 aromatic rings. The van der Waals surface area contributed by atoms with Crippen LogP contribution >= 0.6 is 11.6 Å². The maximum absolute atomic E-state index is 5.96. The highest BCUT2D eigenvalue weighted by molar-refractivity contribution is 6.33. The lowest BCUT2D eigenvalue weighted by molar-refractivity contribution is 0.122. The molecule has 0 spiro atoms. The van der Waals surface area contributed by atoms with Gasteiger partial charge in [-0.25, -0.2) is 0 Å². The minimum absolute atomic E-state index is 0.627. The van der Waals surface area contributed by atoms with E-state index in [9.17, 15) is 0 Å². The van der Waals surface area contributed by atoms with Crippen molar-refractivity contribution in [2.75, 3.05) is 25.5 Å². The van der Waals surface area contributed by atoms with Gasteiger partial charge in [0.15, 0.2) is 0 Å². The van der Waals surface area contributed by atoms with E-state index in [1.54, 1.807) is 0 Å². The lowest BCUT2D eigenvalue weighted by Gasteiger charge is -2.07. The van der Waals surface area contributed by atoms with Gasteiger partial charge in [0.1, 0.15) is 0 Å². The summed E-state index contributed by atoms with van der Waals surface area (Å²) in [6.45, 7) is 3.59. The molecule has 0 radical (unpaired) electrons. The highest BCUT2D eigenvalue weighted by Gasteiger charge is 2.20. The molecule has 3 N–H and O–H groups in total. The number of ether oxygens (including phenoxy) is 1. The molecule has 100 valence electrons. The number of hydrogen-bond donors (Lipinski definition) is 2. The predicted molar refractivity (Wildman–Crippen MR) is 75.7 cm³/mol. The van der Waals surface area contributed by atoms with E-state index in [-0.39, 0.29) is 0 Å². The number of hydrogen-bond acceptors (Lipinski definition) is 3. The van der Waals surface area contributed by atoms with Crippen LogP contribution in [0.25, 0.3) is 0 Å². The van der Waals surface area contributed by atoms with Crippen LogP contribution in [-0.4, -0.2) is 19.8 Å². The zero-order valence-corrected chi connectivity index (χ0v) is 11.4. The van der Waals surface area contributed by atoms with Crippen molar-refractivity contribution in [3.8, 4) is 0 Å². The van der Waals surface area contributed by atoms with Gasteiger partial charge >= 0.3 is 0 Å². The molecular formula is C14H21ClN2O. The summed E-state index contributed by atoms with van der Waals surface area (Å²) in [5.74, 6) is 0.856. The van der Waals surface area contributed by atoms with Crippen LogP contribution in [0.3, 0.4) is 0 Å². The molecule has 1 aromatic carbocycles. The highest BCUT2D eigenvalue weighted by atomic mass is 35.5. The molecule has 4 heteroatoms. The first-order valence-electron chi connectivity index (χ1n) is 6.58. The summed E-state index contributed by atoms with van der Waals surface area (Å²) in [4.78, 5) is 0. The Kier molecular flexibility index (Phi) is 5.29. The van der Waals surface area contributed by atoms with Crippen molar-refractivity contribution < 1.29 is 4.74 Å². The molecular weight excluding hydrogens is 248 g/mol. The Hall–Kier alpha value is -0.770. The molecule has 0 amide bonds. The summed E-state index contributed by atoms with van der Waals surface area (Å²) >= 11 is 5.96. The normalized spacial score (nSPS) is 14.9. The van der Waals surface area contributed by atoms with Crippen molar-refractivity contribution in [3.63, 3.8) is 0 Å². The highest BCUT2D eigenvalue weighted by Crippen LogP contribution is 2.28. The second-order valence-electron chi connectivity index (χ2n) is 4.90. The molecule has 0 unspecified atom stereocenters. The number of anilines is 1. The Morgan fingerprint density at radius 1 is 1.39 bits per heavy atom. The van der Waals surface area contributed by atoms with Gasteiger partial charge in [0, 0.05) is 19.8 Å². The van der Waals surface area contributed by atoms with Gasteiger partial charge in [-0.05, 0) is 49.4 Å². The van der Waals surface area contributed by atoms with Gasteiger partial charge in [0.2, 0.25) is 0 Å². The average molecular weight is 269 g/mol. The van der Waals surface area contributed by atoms with E-state index in [0.29, 0.717) is 10.7 Å². The first-order valence-corrected chi connectivity index (χ1v) is 6.96. The number of nitrogens with one attached hydrogen (secondary N) is 1. The maximum atomic E-state index is 5.96. The zero-order chi connectivity index (χ0) is 12.8. The minimum atomic E-state index is 0.627. The topological polar surface area (TPSA) is 47.3 Å². The molecule has 0 saturated heterocycles. The number of benzene rings is 1. The van der Waals surface area contributed by atoms with Crippen LogP contribution in [0.2, 0.25) is 5.02 Å². The summed E-state index contributed by atoms with van der Waals surface area (Å²) in [6, 6.07) is 5.75. The second kappa shape index (κ2) is 6.98. The van der Waals surface area contributed by atoms with Crippen molar-refractivity contribution in [3.05, 3.63) is 28.8 Å². The van der Waals surface area contributed by atoms with E-state index < -0.39 is 0 Å². The zero-order valence-electron chi connectivity index (χ0n) is 10.6. The summed E-state index contributed by atoms with van der Waals surface area (Å²) in [6.07, 6.45) is 3.77. The maximum Gasteiger partial charge on any atom is 0.0638 e. The fourth-order valence-electron chi connectivity index (χ4n) is 1.75. The van der Waals surface area contributed by atoms with Crippen LogP contribution in [0.5, 0.6) is 0 Å². The third-order valence-corrected chi connectivity index (χ3v) is 3.41. The molecule has 1 aliphatic rings. The lowest BCUT2D eigenvalue weighted by Crippen LogP contribution is -2.16. The van der Waals surface area contributed by atoms with Gasteiger partial charge in [-0.1, -0.05) is 17.7 Å². The van der Waals surface area contributed by atoms with Crippen molar-refractivity contribution in [2.45, 2.75) is 25.8 Å². The van der Waals surface area contributed by atoms with E-state index in [1.807, 2.05) is 18.2 Å². The van der Waals surface area contributed by atoms with Crippen LogP contribution in [0.15, 0.2) is 18.2 Å². The molecule has 0 aliphatic heterocycles. The quantitative estimate of drug-likeness (QED) is 0.563. The first kappa shape index (κ1) is 13.7. The third-order valence-electron chi connectivity index (χ3n) is 3.09. The van der Waals surface area contributed by atoms with E-state index in [1.165, 1.54) is 12.8 Å². The molecule has 1 aliphatic carbocycles. The second-order valence-corrected chi connectivity index (χ2v) is 5.31. The van der Waals surface area contributed by atoms with Crippen LogP contribution in [0.1, 0.15) is 24.8 Å². The molecule has 18 heavy (non-hydrogen) atoms. The average Bonchev–Trinajstić information content (AvgIpc) is 3.16. The fourth-order valence-corrected chi connectivity index (χ4v) is 1.95. The number of rotatable bonds is 8.